The summed E-state index contributed by atoms with van der Waals surface area (Å²) in [7, 11) is -3.62. The lowest BCUT2D eigenvalue weighted by molar-refractivity contribution is -0.139. The number of amides is 6. The summed E-state index contributed by atoms with van der Waals surface area (Å²) in [6.45, 7) is 9.09. The third kappa shape index (κ3) is 10.1. The number of carbonyl (C=O) groups is 6. The van der Waals surface area contributed by atoms with Gasteiger partial charge < -0.3 is 30.3 Å². The predicted octanol–water partition coefficient (Wildman–Crippen LogP) is 5.66. The van der Waals surface area contributed by atoms with Crippen LogP contribution in [0.2, 0.25) is 5.02 Å². The van der Waals surface area contributed by atoms with Gasteiger partial charge in [0.15, 0.2) is 15.7 Å². The molecule has 1 aromatic heterocycles. The number of aryl methyl sites for hydroxylation is 1. The molecule has 2 fully saturated rings. The Morgan fingerprint density at radius 3 is 2.34 bits per heavy atom. The molecule has 0 radical (unpaired) electrons. The van der Waals surface area contributed by atoms with Crippen LogP contribution in [0.3, 0.4) is 0 Å². The molecule has 1 atom stereocenters. The monoisotopic (exact) mass is 928 g/mol. The number of hydrogen-bond donors (Lipinski definition) is 4. The molecule has 4 N–H and O–H groups in total. The zero-order chi connectivity index (χ0) is 46.7. The highest BCUT2D eigenvalue weighted by Crippen LogP contribution is 2.39. The van der Waals surface area contributed by atoms with E-state index in [-0.39, 0.29) is 75.9 Å². The maximum atomic E-state index is 13.4. The number of nitrogens with zero attached hydrogens (tertiary/aromatic N) is 4. The van der Waals surface area contributed by atoms with Gasteiger partial charge in [-0.05, 0) is 107 Å². The van der Waals surface area contributed by atoms with Crippen molar-refractivity contribution >= 4 is 85.7 Å². The first-order chi connectivity index (χ1) is 30.9. The maximum Gasteiger partial charge on any atom is 0.264 e. The molecule has 4 aromatic rings. The SMILES string of the molecule is Cc1cc(Nc2ncc(Cl)c(Nc3ccccc3S(=O)(=O)C(C)C)n2)c(OC(C)C)cc1C1CCN(C(=O)COCC(=O)Nc2cccc3c2C(=O)N(C2CCC(=O)NC2=O)C3=O)CC1. The number of anilines is 5. The standard InChI is InChI=1S/C45H49ClN8O10S/c1-24(2)64-35-20-29(26(5)19-33(35)50-45-47-21-30(46)41(52-45)49-31-10-6-7-12-36(31)65(61,62)25(3)4)27-15-17-53(18-16-27)39(57)23-63-22-38(56)48-32-11-8-9-28-40(32)44(60)54(43(28)59)34-13-14-37(55)51-42(34)58/h6-12,19-21,24-25,27,34H,13-18,22-23H2,1-5H3,(H,48,56)(H,51,55,58)(H2,47,49,50,52). The van der Waals surface area contributed by atoms with E-state index in [1.165, 1.54) is 30.5 Å². The van der Waals surface area contributed by atoms with Crippen molar-refractivity contribution in [1.82, 2.24) is 25.1 Å². The van der Waals surface area contributed by atoms with E-state index in [0.29, 0.717) is 43.1 Å². The molecule has 0 saturated carbocycles. The number of rotatable bonds is 15. The first kappa shape index (κ1) is 46.5. The van der Waals surface area contributed by atoms with Crippen LogP contribution in [-0.2, 0) is 33.8 Å². The van der Waals surface area contributed by atoms with Crippen molar-refractivity contribution in [1.29, 1.82) is 0 Å². The van der Waals surface area contributed by atoms with Crippen molar-refractivity contribution < 1.29 is 46.7 Å². The molecule has 3 aliphatic heterocycles. The molecule has 3 aromatic carbocycles. The molecule has 0 aliphatic carbocycles. The van der Waals surface area contributed by atoms with Gasteiger partial charge in [-0.1, -0.05) is 29.8 Å². The Balaban J connectivity index is 0.945. The first-order valence-electron chi connectivity index (χ1n) is 21.1. The van der Waals surface area contributed by atoms with Crippen LogP contribution < -0.4 is 26.0 Å². The quantitative estimate of drug-likeness (QED) is 0.105. The number of benzene rings is 3. The summed E-state index contributed by atoms with van der Waals surface area (Å²) in [5.41, 5.74) is 2.96. The third-order valence-electron chi connectivity index (χ3n) is 11.3. The Morgan fingerprint density at radius 2 is 1.63 bits per heavy atom. The van der Waals surface area contributed by atoms with Crippen molar-refractivity contribution in [2.24, 2.45) is 0 Å². The summed E-state index contributed by atoms with van der Waals surface area (Å²) in [6, 6.07) is 13.7. The molecule has 0 spiro atoms. The fraction of sp³-hybridized carbons (Fsp3) is 0.378. The number of ether oxygens (including phenoxy) is 2. The van der Waals surface area contributed by atoms with E-state index in [1.54, 1.807) is 36.9 Å². The molecule has 7 rings (SSSR count). The molecule has 18 nitrogen and oxygen atoms in total. The molecule has 20 heteroatoms. The summed E-state index contributed by atoms with van der Waals surface area (Å²) in [5, 5.41) is 10.6. The molecule has 65 heavy (non-hydrogen) atoms. The second-order valence-electron chi connectivity index (χ2n) is 16.5. The summed E-state index contributed by atoms with van der Waals surface area (Å²) >= 11 is 6.49. The molecule has 1 unspecified atom stereocenters. The minimum atomic E-state index is -3.62. The molecule has 2 saturated heterocycles. The number of aromatic nitrogens is 2. The number of halogens is 1. The van der Waals surface area contributed by atoms with Crippen molar-refractivity contribution in [2.45, 2.75) is 88.5 Å². The van der Waals surface area contributed by atoms with Gasteiger partial charge in [-0.25, -0.2) is 13.4 Å². The minimum Gasteiger partial charge on any atom is -0.489 e. The highest BCUT2D eigenvalue weighted by molar-refractivity contribution is 7.92. The number of fused-ring (bicyclic) bond motifs is 1. The summed E-state index contributed by atoms with van der Waals surface area (Å²) in [5.74, 6) is -2.57. The maximum absolute atomic E-state index is 13.4. The summed E-state index contributed by atoms with van der Waals surface area (Å²) < 4.78 is 37.9. The Hall–Kier alpha value is -6.44. The van der Waals surface area contributed by atoms with Gasteiger partial charge in [-0.15, -0.1) is 0 Å². The van der Waals surface area contributed by atoms with Crippen molar-refractivity contribution in [3.05, 3.63) is 88.1 Å². The van der Waals surface area contributed by atoms with E-state index >= 15 is 0 Å². The first-order valence-corrected chi connectivity index (χ1v) is 23.1. The Morgan fingerprint density at radius 1 is 0.908 bits per heavy atom. The summed E-state index contributed by atoms with van der Waals surface area (Å²) in [4.78, 5) is 88.3. The molecule has 3 aliphatic rings. The van der Waals surface area contributed by atoms with Gasteiger partial charge >= 0.3 is 0 Å². The van der Waals surface area contributed by atoms with E-state index in [2.05, 4.69) is 31.2 Å². The Labute approximate surface area is 380 Å². The lowest BCUT2D eigenvalue weighted by atomic mass is 9.86. The second kappa shape index (κ2) is 19.3. The van der Waals surface area contributed by atoms with Gasteiger partial charge in [0.1, 0.15) is 30.0 Å². The van der Waals surface area contributed by atoms with Gasteiger partial charge in [0.05, 0.1) is 50.6 Å². The number of carbonyl (C=O) groups excluding carboxylic acids is 6. The Kier molecular flexibility index (Phi) is 13.9. The van der Waals surface area contributed by atoms with Crippen LogP contribution in [0.4, 0.5) is 28.8 Å². The van der Waals surface area contributed by atoms with Crippen LogP contribution in [0.25, 0.3) is 0 Å². The van der Waals surface area contributed by atoms with Gasteiger partial charge in [-0.3, -0.25) is 39.0 Å². The zero-order valence-electron chi connectivity index (χ0n) is 36.4. The van der Waals surface area contributed by atoms with Crippen molar-refractivity contribution in [3.8, 4) is 5.75 Å². The average Bonchev–Trinajstić information content (AvgIpc) is 3.51. The molecule has 0 bridgehead atoms. The largest absolute Gasteiger partial charge is 0.489 e. The van der Waals surface area contributed by atoms with Crippen molar-refractivity contribution in [3.63, 3.8) is 0 Å². The van der Waals surface area contributed by atoms with Crippen molar-refractivity contribution in [2.75, 3.05) is 42.3 Å². The van der Waals surface area contributed by atoms with Gasteiger partial charge in [0, 0.05) is 19.5 Å². The average molecular weight is 929 g/mol. The van der Waals surface area contributed by atoms with E-state index in [1.807, 2.05) is 32.9 Å². The van der Waals surface area contributed by atoms with E-state index in [9.17, 15) is 37.2 Å². The number of imide groups is 2. The van der Waals surface area contributed by atoms with Crippen LogP contribution in [0.15, 0.2) is 65.7 Å². The number of piperidine rings is 2. The fourth-order valence-electron chi connectivity index (χ4n) is 8.00. The van der Waals surface area contributed by atoms with Gasteiger partial charge in [-0.2, -0.15) is 4.98 Å². The number of para-hydroxylation sites is 1. The Bertz CT molecular complexity index is 2690. The fourth-order valence-corrected chi connectivity index (χ4v) is 9.34. The minimum absolute atomic E-state index is 0.00536. The second-order valence-corrected chi connectivity index (χ2v) is 19.4. The zero-order valence-corrected chi connectivity index (χ0v) is 38.0. The molecule has 342 valence electrons. The lowest BCUT2D eigenvalue weighted by Crippen LogP contribution is -2.54. The van der Waals surface area contributed by atoms with Crippen LogP contribution in [0.1, 0.15) is 91.1 Å². The molecule has 4 heterocycles. The highest BCUT2D eigenvalue weighted by atomic mass is 35.5. The molecular weight excluding hydrogens is 880 g/mol. The molecule has 6 amide bonds. The number of hydrogen-bond acceptors (Lipinski definition) is 14. The van der Waals surface area contributed by atoms with Crippen LogP contribution in [0.5, 0.6) is 5.75 Å². The lowest BCUT2D eigenvalue weighted by Gasteiger charge is -2.33. The number of nitrogens with one attached hydrogen (secondary N) is 4. The predicted molar refractivity (Wildman–Crippen MR) is 240 cm³/mol. The van der Waals surface area contributed by atoms with E-state index in [4.69, 9.17) is 21.1 Å². The topological polar surface area (TPSA) is 235 Å². The third-order valence-corrected chi connectivity index (χ3v) is 13.8. The number of sulfone groups is 1. The van der Waals surface area contributed by atoms with E-state index < -0.39 is 57.3 Å². The normalized spacial score (nSPS) is 16.8. The van der Waals surface area contributed by atoms with Crippen LogP contribution >= 0.6 is 11.6 Å². The smallest absolute Gasteiger partial charge is 0.264 e. The number of likely N-dealkylation sites (tertiary alicyclic amines) is 1. The van der Waals surface area contributed by atoms with Gasteiger partial charge in [0.2, 0.25) is 29.6 Å². The van der Waals surface area contributed by atoms with Crippen LogP contribution in [-0.4, -0.2) is 107 Å². The highest BCUT2D eigenvalue weighted by Gasteiger charge is 2.46. The molecular formula is C45H49ClN8O10S. The van der Waals surface area contributed by atoms with E-state index in [0.717, 1.165) is 16.0 Å². The summed E-state index contributed by atoms with van der Waals surface area (Å²) in [6.07, 6.45) is 2.53. The van der Waals surface area contributed by atoms with Gasteiger partial charge in [0.25, 0.3) is 11.8 Å². The van der Waals surface area contributed by atoms with Crippen LogP contribution in [0, 0.1) is 6.92 Å².